The Bertz CT molecular complexity index is 1220. The second kappa shape index (κ2) is 7.37. The molecule has 4 aliphatic rings. The van der Waals surface area contributed by atoms with Gasteiger partial charge in [-0.05, 0) is 69.2 Å². The maximum absolute atomic E-state index is 13.3. The van der Waals surface area contributed by atoms with E-state index in [1.807, 2.05) is 32.1 Å². The third-order valence-electron chi connectivity index (χ3n) is 7.82. The van der Waals surface area contributed by atoms with E-state index in [0.717, 1.165) is 11.1 Å². The van der Waals surface area contributed by atoms with Crippen LogP contribution in [0.1, 0.15) is 49.3 Å². The summed E-state index contributed by atoms with van der Waals surface area (Å²) in [7, 11) is 0. The number of ketones is 2. The van der Waals surface area contributed by atoms with Gasteiger partial charge in [0.1, 0.15) is 5.75 Å². The predicted octanol–water partition coefficient (Wildman–Crippen LogP) is 3.46. The lowest BCUT2D eigenvalue weighted by atomic mass is 9.59. The van der Waals surface area contributed by atoms with Crippen LogP contribution in [-0.2, 0) is 19.2 Å². The van der Waals surface area contributed by atoms with Gasteiger partial charge in [-0.15, -0.1) is 0 Å². The number of phenols is 1. The molecule has 4 atom stereocenters. The molecule has 0 saturated carbocycles. The summed E-state index contributed by atoms with van der Waals surface area (Å²) in [5.74, 6) is -2.16. The van der Waals surface area contributed by atoms with Crippen molar-refractivity contribution in [3.05, 3.63) is 63.3 Å². The Hall–Kier alpha value is -3.28. The number of amides is 2. The van der Waals surface area contributed by atoms with E-state index in [9.17, 15) is 24.3 Å². The van der Waals surface area contributed by atoms with Gasteiger partial charge < -0.3 is 5.11 Å². The number of likely N-dealkylation sites (tertiary alicyclic amines) is 1. The molecule has 1 saturated heterocycles. The van der Waals surface area contributed by atoms with Crippen LogP contribution >= 0.6 is 0 Å². The van der Waals surface area contributed by atoms with Crippen molar-refractivity contribution in [2.45, 2.75) is 46.5 Å². The number of benzene rings is 1. The quantitative estimate of drug-likeness (QED) is 0.428. The van der Waals surface area contributed by atoms with Gasteiger partial charge in [-0.25, -0.2) is 0 Å². The zero-order valence-corrected chi connectivity index (χ0v) is 19.3. The highest BCUT2D eigenvalue weighted by Gasteiger charge is 2.55. The van der Waals surface area contributed by atoms with Gasteiger partial charge in [0, 0.05) is 29.2 Å². The van der Waals surface area contributed by atoms with Gasteiger partial charge in [-0.1, -0.05) is 23.8 Å². The summed E-state index contributed by atoms with van der Waals surface area (Å²) >= 11 is 0. The number of Topliss-reactive ketones (excluding diaryl/α,β-unsaturated/α-hetero) is 1. The zero-order chi connectivity index (χ0) is 23.8. The lowest BCUT2D eigenvalue weighted by Gasteiger charge is -2.42. The number of phenolic OH excluding ortho intramolecular Hbond substituents is 1. The third kappa shape index (κ3) is 2.93. The van der Waals surface area contributed by atoms with Crippen molar-refractivity contribution < 1.29 is 24.3 Å². The summed E-state index contributed by atoms with van der Waals surface area (Å²) < 4.78 is 0. The molecule has 1 heterocycles. The van der Waals surface area contributed by atoms with E-state index in [-0.39, 0.29) is 35.0 Å². The molecule has 1 N–H and O–H groups in total. The maximum atomic E-state index is 13.3. The van der Waals surface area contributed by atoms with Gasteiger partial charge >= 0.3 is 0 Å². The Kier molecular flexibility index (Phi) is 4.82. The molecule has 0 unspecified atom stereocenters. The highest BCUT2D eigenvalue weighted by atomic mass is 16.3. The first-order valence-corrected chi connectivity index (χ1v) is 11.5. The Morgan fingerprint density at radius 2 is 1.67 bits per heavy atom. The minimum absolute atomic E-state index is 0.141. The zero-order valence-electron chi connectivity index (χ0n) is 19.3. The van der Waals surface area contributed by atoms with Gasteiger partial charge in [0.2, 0.25) is 11.8 Å². The van der Waals surface area contributed by atoms with Crippen molar-refractivity contribution in [2.75, 3.05) is 6.54 Å². The number of aryl methyl sites for hydroxylation is 2. The van der Waals surface area contributed by atoms with Crippen LogP contribution in [0.5, 0.6) is 5.75 Å². The highest BCUT2D eigenvalue weighted by Crippen LogP contribution is 2.55. The van der Waals surface area contributed by atoms with E-state index in [4.69, 9.17) is 0 Å². The van der Waals surface area contributed by atoms with Gasteiger partial charge in [0.15, 0.2) is 11.6 Å². The van der Waals surface area contributed by atoms with Crippen LogP contribution in [0.3, 0.4) is 0 Å². The molecule has 0 radical (unpaired) electrons. The summed E-state index contributed by atoms with van der Waals surface area (Å²) in [6.07, 6.45) is 4.17. The normalized spacial score (nSPS) is 29.0. The second-order valence-corrected chi connectivity index (χ2v) is 9.65. The highest BCUT2D eigenvalue weighted by molar-refractivity contribution is 6.23. The number of nitrogens with zero attached hydrogens (tertiary/aromatic N) is 1. The molecule has 0 spiro atoms. The number of imide groups is 1. The van der Waals surface area contributed by atoms with E-state index in [1.54, 1.807) is 13.8 Å². The first kappa shape index (κ1) is 21.6. The topological polar surface area (TPSA) is 91.8 Å². The lowest BCUT2D eigenvalue weighted by Crippen LogP contribution is -2.39. The molecular weight excluding hydrogens is 418 g/mol. The van der Waals surface area contributed by atoms with E-state index < -0.39 is 17.8 Å². The number of hydrogen-bond donors (Lipinski definition) is 1. The predicted molar refractivity (Wildman–Crippen MR) is 121 cm³/mol. The molecule has 1 aromatic rings. The van der Waals surface area contributed by atoms with Gasteiger partial charge in [-0.3, -0.25) is 24.1 Å². The van der Waals surface area contributed by atoms with Crippen molar-refractivity contribution in [3.8, 4) is 5.75 Å². The summed E-state index contributed by atoms with van der Waals surface area (Å²) in [5, 5.41) is 10.3. The molecule has 1 aliphatic heterocycles. The molecule has 2 amide bonds. The monoisotopic (exact) mass is 445 g/mol. The Labute approximate surface area is 192 Å². The molecule has 5 rings (SSSR count). The Balaban J connectivity index is 1.72. The molecule has 1 aromatic carbocycles. The Morgan fingerprint density at radius 3 is 2.30 bits per heavy atom. The number of carbonyl (C=O) groups is 4. The minimum Gasteiger partial charge on any atom is -0.507 e. The van der Waals surface area contributed by atoms with Crippen LogP contribution in [0.2, 0.25) is 0 Å². The molecule has 6 nitrogen and oxygen atoms in total. The molecule has 0 bridgehead atoms. The fourth-order valence-electron chi connectivity index (χ4n) is 6.29. The van der Waals surface area contributed by atoms with Crippen molar-refractivity contribution in [1.82, 2.24) is 4.90 Å². The fourth-order valence-corrected chi connectivity index (χ4v) is 6.29. The number of allylic oxidation sites excluding steroid dienone is 6. The lowest BCUT2D eigenvalue weighted by molar-refractivity contribution is -0.139. The SMILES string of the molecule is CCN1C(=O)[C@H]2[C@H](CC=C3[C@H](c4cc(C)c(O)c(C)c4)C4=C(C[C@H]32)C(=O)C(C)=CC4=O)C1=O. The third-order valence-corrected chi connectivity index (χ3v) is 7.82. The summed E-state index contributed by atoms with van der Waals surface area (Å²) in [6, 6.07) is 3.71. The molecule has 3 aliphatic carbocycles. The number of rotatable bonds is 2. The number of fused-ring (bicyclic) bond motifs is 3. The van der Waals surface area contributed by atoms with Crippen LogP contribution in [0.25, 0.3) is 0 Å². The average Bonchev–Trinajstić information content (AvgIpc) is 3.03. The van der Waals surface area contributed by atoms with E-state index in [1.165, 1.54) is 11.0 Å². The van der Waals surface area contributed by atoms with Gasteiger partial charge in [-0.2, -0.15) is 0 Å². The summed E-state index contributed by atoms with van der Waals surface area (Å²) in [5.41, 5.74) is 4.48. The number of hydrogen-bond acceptors (Lipinski definition) is 5. The van der Waals surface area contributed by atoms with E-state index >= 15 is 0 Å². The van der Waals surface area contributed by atoms with Crippen LogP contribution in [0.4, 0.5) is 0 Å². The van der Waals surface area contributed by atoms with Crippen molar-refractivity contribution in [3.63, 3.8) is 0 Å². The first-order chi connectivity index (χ1) is 15.6. The molecule has 0 aromatic heterocycles. The average molecular weight is 446 g/mol. The molecule has 33 heavy (non-hydrogen) atoms. The molecule has 170 valence electrons. The largest absolute Gasteiger partial charge is 0.507 e. The van der Waals surface area contributed by atoms with Crippen molar-refractivity contribution >= 4 is 23.4 Å². The summed E-state index contributed by atoms with van der Waals surface area (Å²) in [4.78, 5) is 53.9. The van der Waals surface area contributed by atoms with Crippen LogP contribution in [0, 0.1) is 31.6 Å². The standard InChI is InChI=1S/C27H27NO5/c1-5-28-26(32)17-7-6-16-18(22(17)27(28)33)11-19-23(20(29)10-14(4)25(19)31)21(16)15-8-12(2)24(30)13(3)9-15/h6,8-10,17-18,21-22,30H,5,7,11H2,1-4H3/t17-,18+,21-,22-/m0/s1. The maximum Gasteiger partial charge on any atom is 0.233 e. The number of carbonyl (C=O) groups excluding carboxylic acids is 4. The van der Waals surface area contributed by atoms with Crippen LogP contribution < -0.4 is 0 Å². The fraction of sp³-hybridized carbons (Fsp3) is 0.407. The van der Waals surface area contributed by atoms with E-state index in [2.05, 4.69) is 0 Å². The first-order valence-electron chi connectivity index (χ1n) is 11.5. The second-order valence-electron chi connectivity index (χ2n) is 9.65. The minimum atomic E-state index is -0.512. The van der Waals surface area contributed by atoms with Crippen LogP contribution in [-0.4, -0.2) is 39.9 Å². The number of aromatic hydroxyl groups is 1. The molecule has 1 fully saturated rings. The van der Waals surface area contributed by atoms with Gasteiger partial charge in [0.05, 0.1) is 11.8 Å². The molecular formula is C27H27NO5. The smallest absolute Gasteiger partial charge is 0.233 e. The van der Waals surface area contributed by atoms with E-state index in [0.29, 0.717) is 47.2 Å². The summed E-state index contributed by atoms with van der Waals surface area (Å²) in [6.45, 7) is 7.39. The Morgan fingerprint density at radius 1 is 1.00 bits per heavy atom. The van der Waals surface area contributed by atoms with Crippen molar-refractivity contribution in [2.24, 2.45) is 17.8 Å². The van der Waals surface area contributed by atoms with Gasteiger partial charge in [0.25, 0.3) is 0 Å². The van der Waals surface area contributed by atoms with Crippen molar-refractivity contribution in [1.29, 1.82) is 0 Å². The molecule has 6 heteroatoms. The van der Waals surface area contributed by atoms with Crippen LogP contribution in [0.15, 0.2) is 46.6 Å².